The molecule has 0 atom stereocenters. The van der Waals surface area contributed by atoms with E-state index in [0.717, 1.165) is 17.8 Å². The van der Waals surface area contributed by atoms with Crippen LogP contribution in [0, 0.1) is 12.8 Å². The van der Waals surface area contributed by atoms with Crippen molar-refractivity contribution in [2.45, 2.75) is 39.3 Å². The molecule has 5 nitrogen and oxygen atoms in total. The first-order valence-electron chi connectivity index (χ1n) is 7.35. The lowest BCUT2D eigenvalue weighted by Gasteiger charge is -2.25. The first-order valence-corrected chi connectivity index (χ1v) is 7.35. The standard InChI is InChI=1S/C16H19N3O2/c1-12-15(17-18-19(12)10-13-8-5-9-13)16(20)21-11-14-6-3-2-4-7-14/h2-4,6-7,13H,5,8-11H2,1H3. The van der Waals surface area contributed by atoms with Crippen LogP contribution in [0.5, 0.6) is 0 Å². The highest BCUT2D eigenvalue weighted by atomic mass is 16.5. The summed E-state index contributed by atoms with van der Waals surface area (Å²) in [7, 11) is 0. The zero-order valence-electron chi connectivity index (χ0n) is 12.2. The molecule has 1 aliphatic rings. The Labute approximate surface area is 123 Å². The summed E-state index contributed by atoms with van der Waals surface area (Å²) in [6.07, 6.45) is 3.78. The van der Waals surface area contributed by atoms with Crippen LogP contribution in [-0.4, -0.2) is 21.0 Å². The molecule has 1 aliphatic carbocycles. The van der Waals surface area contributed by atoms with Crippen LogP contribution < -0.4 is 0 Å². The van der Waals surface area contributed by atoms with E-state index in [-0.39, 0.29) is 6.61 Å². The van der Waals surface area contributed by atoms with E-state index in [9.17, 15) is 4.79 Å². The lowest BCUT2D eigenvalue weighted by molar-refractivity contribution is 0.0464. The van der Waals surface area contributed by atoms with E-state index in [2.05, 4.69) is 10.3 Å². The van der Waals surface area contributed by atoms with Crippen molar-refractivity contribution in [3.63, 3.8) is 0 Å². The van der Waals surface area contributed by atoms with Crippen molar-refractivity contribution < 1.29 is 9.53 Å². The van der Waals surface area contributed by atoms with Gasteiger partial charge in [0.2, 0.25) is 0 Å². The maximum Gasteiger partial charge on any atom is 0.361 e. The molecule has 0 spiro atoms. The Kier molecular flexibility index (Phi) is 3.99. The van der Waals surface area contributed by atoms with Gasteiger partial charge in [0, 0.05) is 6.54 Å². The van der Waals surface area contributed by atoms with E-state index in [1.807, 2.05) is 41.9 Å². The van der Waals surface area contributed by atoms with Crippen molar-refractivity contribution in [1.82, 2.24) is 15.0 Å². The summed E-state index contributed by atoms with van der Waals surface area (Å²) in [5.41, 5.74) is 2.08. The Hall–Kier alpha value is -2.17. The number of carbonyl (C=O) groups excluding carboxylic acids is 1. The SMILES string of the molecule is Cc1c(C(=O)OCc2ccccc2)nnn1CC1CCC1. The van der Waals surface area contributed by atoms with Crippen molar-refractivity contribution in [2.75, 3.05) is 0 Å². The molecule has 1 heterocycles. The fourth-order valence-electron chi connectivity index (χ4n) is 2.43. The first kappa shape index (κ1) is 13.8. The summed E-state index contributed by atoms with van der Waals surface area (Å²) in [5, 5.41) is 8.06. The van der Waals surface area contributed by atoms with Gasteiger partial charge in [-0.3, -0.25) is 0 Å². The Balaban J connectivity index is 1.61. The van der Waals surface area contributed by atoms with Crippen LogP contribution in [-0.2, 0) is 17.9 Å². The fraction of sp³-hybridized carbons (Fsp3) is 0.438. The fourth-order valence-corrected chi connectivity index (χ4v) is 2.43. The van der Waals surface area contributed by atoms with Crippen molar-refractivity contribution in [3.8, 4) is 0 Å². The van der Waals surface area contributed by atoms with Gasteiger partial charge in [0.25, 0.3) is 0 Å². The molecule has 1 fully saturated rings. The number of hydrogen-bond acceptors (Lipinski definition) is 4. The van der Waals surface area contributed by atoms with Crippen LogP contribution in [0.4, 0.5) is 0 Å². The van der Waals surface area contributed by atoms with Gasteiger partial charge < -0.3 is 4.74 Å². The number of hydrogen-bond donors (Lipinski definition) is 0. The second kappa shape index (κ2) is 6.08. The molecule has 0 amide bonds. The summed E-state index contributed by atoms with van der Waals surface area (Å²) >= 11 is 0. The monoisotopic (exact) mass is 285 g/mol. The van der Waals surface area contributed by atoms with Crippen molar-refractivity contribution in [1.29, 1.82) is 0 Å². The van der Waals surface area contributed by atoms with E-state index < -0.39 is 5.97 Å². The highest BCUT2D eigenvalue weighted by Gasteiger charge is 2.22. The predicted octanol–water partition coefficient (Wildman–Crippen LogP) is 2.74. The minimum atomic E-state index is -0.406. The van der Waals surface area contributed by atoms with Gasteiger partial charge >= 0.3 is 5.97 Å². The van der Waals surface area contributed by atoms with Gasteiger partial charge in [-0.15, -0.1) is 5.10 Å². The first-order chi connectivity index (χ1) is 10.2. The number of ether oxygens (including phenoxy) is 1. The molecule has 21 heavy (non-hydrogen) atoms. The Morgan fingerprint density at radius 1 is 1.33 bits per heavy atom. The zero-order valence-corrected chi connectivity index (χ0v) is 12.2. The van der Waals surface area contributed by atoms with E-state index >= 15 is 0 Å². The average molecular weight is 285 g/mol. The van der Waals surface area contributed by atoms with E-state index in [0.29, 0.717) is 11.6 Å². The van der Waals surface area contributed by atoms with E-state index in [1.54, 1.807) is 0 Å². The minimum Gasteiger partial charge on any atom is -0.456 e. The van der Waals surface area contributed by atoms with Gasteiger partial charge in [-0.1, -0.05) is 42.0 Å². The third kappa shape index (κ3) is 3.12. The maximum atomic E-state index is 12.1. The lowest BCUT2D eigenvalue weighted by atomic mass is 9.85. The van der Waals surface area contributed by atoms with Gasteiger partial charge in [-0.05, 0) is 31.2 Å². The third-order valence-corrected chi connectivity index (χ3v) is 4.04. The van der Waals surface area contributed by atoms with Crippen LogP contribution in [0.15, 0.2) is 30.3 Å². The molecular formula is C16H19N3O2. The molecule has 3 rings (SSSR count). The topological polar surface area (TPSA) is 57.0 Å². The summed E-state index contributed by atoms with van der Waals surface area (Å²) in [4.78, 5) is 12.1. The molecule has 1 saturated carbocycles. The Morgan fingerprint density at radius 2 is 2.10 bits per heavy atom. The van der Waals surface area contributed by atoms with Gasteiger partial charge in [-0.25, -0.2) is 9.48 Å². The van der Waals surface area contributed by atoms with Gasteiger partial charge in [-0.2, -0.15) is 0 Å². The molecule has 0 bridgehead atoms. The largest absolute Gasteiger partial charge is 0.456 e. The molecule has 0 N–H and O–H groups in total. The van der Waals surface area contributed by atoms with Crippen molar-refractivity contribution in [3.05, 3.63) is 47.3 Å². The molecule has 1 aromatic carbocycles. The molecule has 0 radical (unpaired) electrons. The normalized spacial score (nSPS) is 14.7. The molecule has 0 saturated heterocycles. The highest BCUT2D eigenvalue weighted by molar-refractivity contribution is 5.88. The second-order valence-corrected chi connectivity index (χ2v) is 5.56. The second-order valence-electron chi connectivity index (χ2n) is 5.56. The van der Waals surface area contributed by atoms with Crippen LogP contribution in [0.1, 0.15) is 41.0 Å². The van der Waals surface area contributed by atoms with Crippen LogP contribution >= 0.6 is 0 Å². The Morgan fingerprint density at radius 3 is 2.76 bits per heavy atom. The zero-order chi connectivity index (χ0) is 14.7. The molecule has 1 aromatic heterocycles. The lowest BCUT2D eigenvalue weighted by Crippen LogP contribution is -2.19. The molecule has 0 unspecified atom stereocenters. The predicted molar refractivity (Wildman–Crippen MR) is 77.7 cm³/mol. The van der Waals surface area contributed by atoms with Crippen LogP contribution in [0.25, 0.3) is 0 Å². The number of carbonyl (C=O) groups is 1. The molecular weight excluding hydrogens is 266 g/mol. The van der Waals surface area contributed by atoms with Gasteiger partial charge in [0.1, 0.15) is 6.61 Å². The van der Waals surface area contributed by atoms with Gasteiger partial charge in [0.15, 0.2) is 5.69 Å². The third-order valence-electron chi connectivity index (χ3n) is 4.04. The van der Waals surface area contributed by atoms with Crippen LogP contribution in [0.2, 0.25) is 0 Å². The molecule has 5 heteroatoms. The number of rotatable bonds is 5. The highest BCUT2D eigenvalue weighted by Crippen LogP contribution is 2.28. The summed E-state index contributed by atoms with van der Waals surface area (Å²) in [5.74, 6) is 0.273. The van der Waals surface area contributed by atoms with Crippen molar-refractivity contribution >= 4 is 5.97 Å². The van der Waals surface area contributed by atoms with E-state index in [4.69, 9.17) is 4.74 Å². The smallest absolute Gasteiger partial charge is 0.361 e. The summed E-state index contributed by atoms with van der Waals surface area (Å²) < 4.78 is 7.12. The quantitative estimate of drug-likeness (QED) is 0.793. The molecule has 2 aromatic rings. The number of esters is 1. The van der Waals surface area contributed by atoms with Crippen molar-refractivity contribution in [2.24, 2.45) is 5.92 Å². The number of nitrogens with zero attached hydrogens (tertiary/aromatic N) is 3. The average Bonchev–Trinajstić information content (AvgIpc) is 2.83. The molecule has 110 valence electrons. The van der Waals surface area contributed by atoms with Gasteiger partial charge in [0.05, 0.1) is 5.69 Å². The minimum absolute atomic E-state index is 0.259. The molecule has 0 aliphatic heterocycles. The summed E-state index contributed by atoms with van der Waals surface area (Å²) in [6.45, 7) is 2.98. The van der Waals surface area contributed by atoms with E-state index in [1.165, 1.54) is 19.3 Å². The summed E-state index contributed by atoms with van der Waals surface area (Å²) in [6, 6.07) is 9.62. The van der Waals surface area contributed by atoms with Crippen LogP contribution in [0.3, 0.4) is 0 Å². The Bertz CT molecular complexity index is 618. The number of benzene rings is 1. The maximum absolute atomic E-state index is 12.1. The number of aromatic nitrogens is 3.